The molecule has 2 aromatic rings. The summed E-state index contributed by atoms with van der Waals surface area (Å²) in [4.78, 5) is 29.5. The van der Waals surface area contributed by atoms with Gasteiger partial charge in [-0.15, -0.1) is 0 Å². The van der Waals surface area contributed by atoms with Gasteiger partial charge in [-0.25, -0.2) is 0 Å². The van der Waals surface area contributed by atoms with E-state index in [9.17, 15) is 9.59 Å². The Kier molecular flexibility index (Phi) is 5.58. The van der Waals surface area contributed by atoms with Crippen LogP contribution in [0.3, 0.4) is 0 Å². The Morgan fingerprint density at radius 1 is 1.17 bits per heavy atom. The lowest BCUT2D eigenvalue weighted by molar-refractivity contribution is -0.123. The van der Waals surface area contributed by atoms with Gasteiger partial charge < -0.3 is 4.90 Å². The van der Waals surface area contributed by atoms with E-state index in [0.717, 1.165) is 33.8 Å². The Hall–Kier alpha value is -2.05. The Morgan fingerprint density at radius 3 is 2.57 bits per heavy atom. The van der Waals surface area contributed by atoms with Gasteiger partial charge in [-0.3, -0.25) is 14.5 Å². The molecule has 0 unspecified atom stereocenters. The Labute approximate surface area is 190 Å². The number of carbonyl (C=O) groups excluding carboxylic acids is 2. The molecule has 0 aliphatic carbocycles. The van der Waals surface area contributed by atoms with Gasteiger partial charge in [0.25, 0.3) is 11.1 Å². The number of rotatable bonds is 3. The highest BCUT2D eigenvalue weighted by molar-refractivity contribution is 9.10. The lowest BCUT2D eigenvalue weighted by Gasteiger charge is -2.45. The van der Waals surface area contributed by atoms with Gasteiger partial charge in [0.1, 0.15) is 0 Å². The Morgan fingerprint density at radius 2 is 1.87 bits per heavy atom. The molecule has 0 spiro atoms. The van der Waals surface area contributed by atoms with Crippen LogP contribution in [0.25, 0.3) is 6.08 Å². The van der Waals surface area contributed by atoms with Crippen molar-refractivity contribution in [3.05, 3.63) is 68.5 Å². The first kappa shape index (κ1) is 21.2. The highest BCUT2D eigenvalue weighted by Gasteiger charge is 2.36. The number of carbonyl (C=O) groups is 2. The summed E-state index contributed by atoms with van der Waals surface area (Å²) in [6.45, 7) is 7.07. The molecule has 30 heavy (non-hydrogen) atoms. The van der Waals surface area contributed by atoms with E-state index in [-0.39, 0.29) is 23.2 Å². The standard InChI is InChI=1S/C24H25BrN2O2S/c1-15-13-24(2,3)26(4)20-10-7-17(11-19(15)20)12-21-22(28)27(23(29)30-21)14-16-5-8-18(25)9-6-16/h5-12,15H,13-14H2,1-4H3/b21-12-/t15-/m0/s1. The molecule has 6 heteroatoms. The number of nitrogens with zero attached hydrogens (tertiary/aromatic N) is 2. The second kappa shape index (κ2) is 7.89. The summed E-state index contributed by atoms with van der Waals surface area (Å²) >= 11 is 4.42. The van der Waals surface area contributed by atoms with Crippen molar-refractivity contribution in [2.75, 3.05) is 11.9 Å². The third kappa shape index (κ3) is 3.95. The zero-order valence-electron chi connectivity index (χ0n) is 17.6. The Bertz CT molecular complexity index is 1050. The van der Waals surface area contributed by atoms with Crippen molar-refractivity contribution in [1.82, 2.24) is 4.90 Å². The molecule has 0 N–H and O–H groups in total. The fourth-order valence-electron chi connectivity index (χ4n) is 4.25. The molecule has 2 aromatic carbocycles. The highest BCUT2D eigenvalue weighted by atomic mass is 79.9. The molecule has 1 fully saturated rings. The summed E-state index contributed by atoms with van der Waals surface area (Å²) < 4.78 is 0.968. The van der Waals surface area contributed by atoms with Gasteiger partial charge in [0.2, 0.25) is 0 Å². The number of hydrogen-bond donors (Lipinski definition) is 0. The van der Waals surface area contributed by atoms with E-state index in [4.69, 9.17) is 0 Å². The van der Waals surface area contributed by atoms with E-state index in [1.54, 1.807) is 0 Å². The SMILES string of the molecule is C[C@H]1CC(C)(C)N(C)c2ccc(/C=C3\SC(=O)N(Cc4ccc(Br)cc4)C3=O)cc21. The maximum Gasteiger partial charge on any atom is 0.293 e. The van der Waals surface area contributed by atoms with Gasteiger partial charge in [0.15, 0.2) is 0 Å². The van der Waals surface area contributed by atoms with Crippen molar-refractivity contribution in [1.29, 1.82) is 0 Å². The van der Waals surface area contributed by atoms with E-state index < -0.39 is 0 Å². The molecule has 2 aliphatic rings. The third-order valence-corrected chi connectivity index (χ3v) is 7.52. The van der Waals surface area contributed by atoms with Crippen LogP contribution in [0.2, 0.25) is 0 Å². The molecular weight excluding hydrogens is 460 g/mol. The van der Waals surface area contributed by atoms with Crippen molar-refractivity contribution in [3.63, 3.8) is 0 Å². The molecule has 1 atom stereocenters. The maximum absolute atomic E-state index is 12.9. The highest BCUT2D eigenvalue weighted by Crippen LogP contribution is 2.43. The average molecular weight is 485 g/mol. The first-order chi connectivity index (χ1) is 14.2. The summed E-state index contributed by atoms with van der Waals surface area (Å²) in [5.74, 6) is 0.212. The molecule has 2 amide bonds. The molecule has 0 aromatic heterocycles. The quantitative estimate of drug-likeness (QED) is 0.472. The number of fused-ring (bicyclic) bond motifs is 1. The van der Waals surface area contributed by atoms with Crippen LogP contribution in [-0.4, -0.2) is 28.6 Å². The van der Waals surface area contributed by atoms with Gasteiger partial charge in [-0.05, 0) is 85.0 Å². The maximum atomic E-state index is 12.9. The number of anilines is 1. The summed E-state index contributed by atoms with van der Waals surface area (Å²) in [5.41, 5.74) is 4.53. The molecule has 1 saturated heterocycles. The van der Waals surface area contributed by atoms with Crippen LogP contribution in [0, 0.1) is 0 Å². The van der Waals surface area contributed by atoms with E-state index in [0.29, 0.717) is 10.8 Å². The molecule has 2 heterocycles. The number of thioether (sulfide) groups is 1. The van der Waals surface area contributed by atoms with Crippen molar-refractivity contribution in [3.8, 4) is 0 Å². The predicted octanol–water partition coefficient (Wildman–Crippen LogP) is 6.41. The van der Waals surface area contributed by atoms with Crippen LogP contribution in [-0.2, 0) is 11.3 Å². The van der Waals surface area contributed by atoms with Crippen molar-refractivity contribution in [2.45, 2.75) is 45.2 Å². The van der Waals surface area contributed by atoms with E-state index in [1.807, 2.05) is 36.4 Å². The van der Waals surface area contributed by atoms with Gasteiger partial charge in [0.05, 0.1) is 11.4 Å². The van der Waals surface area contributed by atoms with E-state index >= 15 is 0 Å². The van der Waals surface area contributed by atoms with Gasteiger partial charge in [0, 0.05) is 22.7 Å². The predicted molar refractivity (Wildman–Crippen MR) is 128 cm³/mol. The second-order valence-corrected chi connectivity index (χ2v) is 10.6. The number of benzene rings is 2. The summed E-state index contributed by atoms with van der Waals surface area (Å²) in [6, 6.07) is 14.0. The zero-order chi connectivity index (χ0) is 21.6. The number of amides is 2. The molecule has 2 aliphatic heterocycles. The van der Waals surface area contributed by atoms with Gasteiger partial charge in [-0.2, -0.15) is 0 Å². The average Bonchev–Trinajstić information content (AvgIpc) is 2.95. The minimum Gasteiger partial charge on any atom is -0.369 e. The number of hydrogen-bond acceptors (Lipinski definition) is 4. The van der Waals surface area contributed by atoms with Gasteiger partial charge >= 0.3 is 0 Å². The second-order valence-electron chi connectivity index (χ2n) is 8.69. The van der Waals surface area contributed by atoms with Crippen LogP contribution in [0.1, 0.15) is 49.8 Å². The van der Waals surface area contributed by atoms with E-state index in [1.165, 1.54) is 16.2 Å². The minimum atomic E-state index is -0.225. The summed E-state index contributed by atoms with van der Waals surface area (Å²) in [6.07, 6.45) is 2.92. The zero-order valence-corrected chi connectivity index (χ0v) is 20.0. The lowest BCUT2D eigenvalue weighted by Crippen LogP contribution is -2.45. The van der Waals surface area contributed by atoms with Gasteiger partial charge in [-0.1, -0.05) is 41.1 Å². The van der Waals surface area contributed by atoms with Crippen LogP contribution in [0.5, 0.6) is 0 Å². The smallest absolute Gasteiger partial charge is 0.293 e. The summed E-state index contributed by atoms with van der Waals surface area (Å²) in [7, 11) is 2.14. The molecule has 0 saturated carbocycles. The lowest BCUT2D eigenvalue weighted by atomic mass is 9.80. The monoisotopic (exact) mass is 484 g/mol. The summed E-state index contributed by atoms with van der Waals surface area (Å²) in [5, 5.41) is -0.220. The van der Waals surface area contributed by atoms with Crippen molar-refractivity contribution >= 4 is 50.6 Å². The van der Waals surface area contributed by atoms with E-state index in [2.05, 4.69) is 60.8 Å². The van der Waals surface area contributed by atoms with Crippen LogP contribution in [0.15, 0.2) is 51.8 Å². The largest absolute Gasteiger partial charge is 0.369 e. The fraction of sp³-hybridized carbons (Fsp3) is 0.333. The number of halogens is 1. The topological polar surface area (TPSA) is 40.6 Å². The fourth-order valence-corrected chi connectivity index (χ4v) is 5.35. The molecule has 4 rings (SSSR count). The van der Waals surface area contributed by atoms with Crippen molar-refractivity contribution < 1.29 is 9.59 Å². The molecule has 0 bridgehead atoms. The Balaban J connectivity index is 1.58. The minimum absolute atomic E-state index is 0.115. The molecule has 0 radical (unpaired) electrons. The molecular formula is C24H25BrN2O2S. The van der Waals surface area contributed by atoms with Crippen molar-refractivity contribution in [2.24, 2.45) is 0 Å². The van der Waals surface area contributed by atoms with Crippen LogP contribution >= 0.6 is 27.7 Å². The first-order valence-electron chi connectivity index (χ1n) is 10.0. The molecule has 4 nitrogen and oxygen atoms in total. The third-order valence-electron chi connectivity index (χ3n) is 6.08. The van der Waals surface area contributed by atoms with Crippen LogP contribution in [0.4, 0.5) is 10.5 Å². The first-order valence-corrected chi connectivity index (χ1v) is 11.6. The number of imide groups is 1. The van der Waals surface area contributed by atoms with Crippen LogP contribution < -0.4 is 4.90 Å². The normalized spacial score (nSPS) is 22.0. The molecule has 156 valence electrons.